The first-order valence-electron chi connectivity index (χ1n) is 12.8. The number of carbonyl (C=O) groups is 1. The molecule has 0 spiro atoms. The number of allylic oxidation sites excluding steroid dienone is 1. The highest BCUT2D eigenvalue weighted by atomic mass is 32.2. The summed E-state index contributed by atoms with van der Waals surface area (Å²) in [5.41, 5.74) is 0. The van der Waals surface area contributed by atoms with E-state index in [0.717, 1.165) is 44.9 Å². The molecule has 0 aromatic carbocycles. The van der Waals surface area contributed by atoms with Crippen LogP contribution >= 0.6 is 0 Å². The van der Waals surface area contributed by atoms with Crippen LogP contribution in [0.3, 0.4) is 0 Å². The lowest BCUT2D eigenvalue weighted by Gasteiger charge is -2.35. The van der Waals surface area contributed by atoms with E-state index in [0.29, 0.717) is 19.3 Å². The lowest BCUT2D eigenvalue weighted by atomic mass is 9.73. The van der Waals surface area contributed by atoms with E-state index in [2.05, 4.69) is 18.2 Å². The van der Waals surface area contributed by atoms with Gasteiger partial charge in [-0.3, -0.25) is 9.35 Å². The summed E-state index contributed by atoms with van der Waals surface area (Å²) in [7, 11) is -4.35. The Morgan fingerprint density at radius 3 is 2.06 bits per heavy atom. The molecule has 0 aliphatic heterocycles. The first kappa shape index (κ1) is 28.3. The van der Waals surface area contributed by atoms with Gasteiger partial charge in [-0.15, -0.1) is 6.58 Å². The number of nitrogens with one attached hydrogen (secondary N) is 1. The fourth-order valence-corrected chi connectivity index (χ4v) is 5.72. The normalized spacial score (nSPS) is 17.4. The lowest BCUT2D eigenvalue weighted by molar-refractivity contribution is -0.126. The van der Waals surface area contributed by atoms with E-state index in [1.807, 2.05) is 0 Å². The van der Waals surface area contributed by atoms with Crippen molar-refractivity contribution in [2.45, 2.75) is 129 Å². The SMILES string of the molecule is C=CCCC(=O)C(C1CCCCC1)C(CCCCCCCCCCCC)NS(=O)(=O)O. The summed E-state index contributed by atoms with van der Waals surface area (Å²) in [6.07, 6.45) is 20.7. The number of ketones is 1. The summed E-state index contributed by atoms with van der Waals surface area (Å²) in [4.78, 5) is 13.0. The molecule has 2 atom stereocenters. The van der Waals surface area contributed by atoms with Crippen molar-refractivity contribution in [3.8, 4) is 0 Å². The summed E-state index contributed by atoms with van der Waals surface area (Å²) < 4.78 is 35.2. The molecule has 0 amide bonds. The van der Waals surface area contributed by atoms with Crippen LogP contribution in [-0.2, 0) is 15.1 Å². The second-order valence-corrected chi connectivity index (χ2v) is 10.6. The Morgan fingerprint density at radius 1 is 1.00 bits per heavy atom. The van der Waals surface area contributed by atoms with Gasteiger partial charge >= 0.3 is 10.3 Å². The average molecular weight is 458 g/mol. The van der Waals surface area contributed by atoms with Crippen LogP contribution < -0.4 is 4.72 Å². The van der Waals surface area contributed by atoms with Gasteiger partial charge in [-0.05, 0) is 31.6 Å². The van der Waals surface area contributed by atoms with Gasteiger partial charge in [0, 0.05) is 18.4 Å². The molecule has 31 heavy (non-hydrogen) atoms. The van der Waals surface area contributed by atoms with Crippen molar-refractivity contribution in [2.75, 3.05) is 0 Å². The van der Waals surface area contributed by atoms with Gasteiger partial charge in [-0.1, -0.05) is 96.5 Å². The molecule has 6 heteroatoms. The van der Waals surface area contributed by atoms with Crippen molar-refractivity contribution in [3.63, 3.8) is 0 Å². The van der Waals surface area contributed by atoms with Gasteiger partial charge in [-0.2, -0.15) is 13.1 Å². The fourth-order valence-electron chi connectivity index (χ4n) is 5.07. The zero-order valence-electron chi connectivity index (χ0n) is 19.8. The quantitative estimate of drug-likeness (QED) is 0.127. The van der Waals surface area contributed by atoms with Crippen molar-refractivity contribution < 1.29 is 17.8 Å². The second-order valence-electron chi connectivity index (χ2n) is 9.39. The van der Waals surface area contributed by atoms with E-state index >= 15 is 0 Å². The number of Topliss-reactive ketones (excluding diaryl/α,β-unsaturated/α-hetero) is 1. The molecule has 182 valence electrons. The predicted molar refractivity (Wildman–Crippen MR) is 129 cm³/mol. The minimum atomic E-state index is -4.35. The van der Waals surface area contributed by atoms with Gasteiger partial charge in [-0.25, -0.2) is 0 Å². The molecule has 5 nitrogen and oxygen atoms in total. The van der Waals surface area contributed by atoms with E-state index in [1.54, 1.807) is 6.08 Å². The molecule has 0 aromatic rings. The smallest absolute Gasteiger partial charge is 0.299 e. The predicted octanol–water partition coefficient (Wildman–Crippen LogP) is 6.79. The highest BCUT2D eigenvalue weighted by Gasteiger charge is 2.36. The molecule has 0 saturated heterocycles. The van der Waals surface area contributed by atoms with E-state index in [9.17, 15) is 17.8 Å². The number of rotatable bonds is 19. The molecule has 2 unspecified atom stereocenters. The summed E-state index contributed by atoms with van der Waals surface area (Å²) in [5, 5.41) is 0. The summed E-state index contributed by atoms with van der Waals surface area (Å²) in [6.45, 7) is 5.94. The zero-order chi connectivity index (χ0) is 23.0. The van der Waals surface area contributed by atoms with Crippen molar-refractivity contribution in [1.82, 2.24) is 4.72 Å². The Hall–Kier alpha value is -0.720. The maximum absolute atomic E-state index is 13.0. The Bertz CT molecular complexity index is 584. The van der Waals surface area contributed by atoms with E-state index < -0.39 is 16.3 Å². The Morgan fingerprint density at radius 2 is 1.55 bits per heavy atom. The molecule has 2 N–H and O–H groups in total. The van der Waals surface area contributed by atoms with E-state index in [-0.39, 0.29) is 17.6 Å². The molecule has 1 aliphatic carbocycles. The monoisotopic (exact) mass is 457 g/mol. The highest BCUT2D eigenvalue weighted by molar-refractivity contribution is 7.83. The average Bonchev–Trinajstić information content (AvgIpc) is 2.73. The number of carbonyl (C=O) groups excluding carboxylic acids is 1. The molecule has 1 saturated carbocycles. The lowest BCUT2D eigenvalue weighted by Crippen LogP contribution is -2.46. The van der Waals surface area contributed by atoms with Crippen LogP contribution in [0, 0.1) is 11.8 Å². The molecule has 0 aromatic heterocycles. The van der Waals surface area contributed by atoms with Crippen molar-refractivity contribution in [1.29, 1.82) is 0 Å². The molecule has 0 radical (unpaired) electrons. The van der Waals surface area contributed by atoms with E-state index in [1.165, 1.54) is 51.4 Å². The van der Waals surface area contributed by atoms with Crippen LogP contribution in [0.5, 0.6) is 0 Å². The fraction of sp³-hybridized carbons (Fsp3) is 0.880. The highest BCUT2D eigenvalue weighted by Crippen LogP contribution is 2.35. The Kier molecular flexibility index (Phi) is 15.4. The number of unbranched alkanes of at least 4 members (excludes halogenated alkanes) is 9. The Balaban J connectivity index is 2.60. The molecule has 1 fully saturated rings. The standard InChI is InChI=1S/C25H47NO4S/c1-3-5-7-8-9-10-11-12-13-17-20-23(26-31(28,29)30)25(24(27)21-6-4-2)22-18-15-14-16-19-22/h4,22-23,25-26H,2-3,5-21H2,1H3,(H,28,29,30). The van der Waals surface area contributed by atoms with Gasteiger partial charge < -0.3 is 0 Å². The van der Waals surface area contributed by atoms with Crippen molar-refractivity contribution in [2.24, 2.45) is 11.8 Å². The van der Waals surface area contributed by atoms with Gasteiger partial charge in [0.1, 0.15) is 5.78 Å². The minimum absolute atomic E-state index is 0.111. The maximum Gasteiger partial charge on any atom is 0.333 e. The topological polar surface area (TPSA) is 83.5 Å². The number of hydrogen-bond donors (Lipinski definition) is 2. The molecule has 1 aliphatic rings. The van der Waals surface area contributed by atoms with Gasteiger partial charge in [0.2, 0.25) is 0 Å². The maximum atomic E-state index is 13.0. The van der Waals surface area contributed by atoms with Crippen molar-refractivity contribution in [3.05, 3.63) is 12.7 Å². The zero-order valence-corrected chi connectivity index (χ0v) is 20.6. The molecule has 1 rings (SSSR count). The first-order chi connectivity index (χ1) is 14.9. The van der Waals surface area contributed by atoms with Crippen LogP contribution in [0.15, 0.2) is 12.7 Å². The largest absolute Gasteiger partial charge is 0.333 e. The number of hydrogen-bond acceptors (Lipinski definition) is 3. The van der Waals surface area contributed by atoms with E-state index in [4.69, 9.17) is 0 Å². The van der Waals surface area contributed by atoms with Gasteiger partial charge in [0.25, 0.3) is 0 Å². The van der Waals surface area contributed by atoms with Crippen LogP contribution in [0.4, 0.5) is 0 Å². The summed E-state index contributed by atoms with van der Waals surface area (Å²) >= 11 is 0. The van der Waals surface area contributed by atoms with Crippen LogP contribution in [0.1, 0.15) is 122 Å². The van der Waals surface area contributed by atoms with Gasteiger partial charge in [0.05, 0.1) is 0 Å². The molecular weight excluding hydrogens is 410 g/mol. The van der Waals surface area contributed by atoms with Crippen LogP contribution in [-0.4, -0.2) is 24.8 Å². The summed E-state index contributed by atoms with van der Waals surface area (Å²) in [5.74, 6) is -0.0331. The molecule has 0 bridgehead atoms. The molecule has 0 heterocycles. The molecular formula is C25H47NO4S. The third kappa shape index (κ3) is 13.4. The minimum Gasteiger partial charge on any atom is -0.299 e. The van der Waals surface area contributed by atoms with Gasteiger partial charge in [0.15, 0.2) is 0 Å². The third-order valence-corrected chi connectivity index (χ3v) is 7.33. The summed E-state index contributed by atoms with van der Waals surface area (Å²) in [6, 6.07) is -0.510. The third-order valence-electron chi connectivity index (χ3n) is 6.73. The van der Waals surface area contributed by atoms with Crippen molar-refractivity contribution >= 4 is 16.1 Å². The van der Waals surface area contributed by atoms with Crippen LogP contribution in [0.25, 0.3) is 0 Å². The first-order valence-corrected chi connectivity index (χ1v) is 14.2. The van der Waals surface area contributed by atoms with Crippen LogP contribution in [0.2, 0.25) is 0 Å². The Labute approximate surface area is 191 Å². The second kappa shape index (κ2) is 16.8.